The van der Waals surface area contributed by atoms with Gasteiger partial charge < -0.3 is 14.7 Å². The van der Waals surface area contributed by atoms with E-state index in [1.165, 1.54) is 0 Å². The number of hydrogen-bond acceptors (Lipinski definition) is 3. The Labute approximate surface area is 124 Å². The zero-order chi connectivity index (χ0) is 15.1. The lowest BCUT2D eigenvalue weighted by Gasteiger charge is -2.41. The highest BCUT2D eigenvalue weighted by Gasteiger charge is 2.53. The Hall–Kier alpha value is -1.36. The molecule has 5 heteroatoms. The van der Waals surface area contributed by atoms with Gasteiger partial charge in [-0.25, -0.2) is 0 Å². The fraction of sp³-hybridized carbons (Fsp3) is 0.750. The van der Waals surface area contributed by atoms with Crippen molar-refractivity contribution in [2.45, 2.75) is 38.8 Å². The molecule has 0 radical (unpaired) electrons. The molecule has 3 aliphatic rings. The summed E-state index contributed by atoms with van der Waals surface area (Å²) in [6, 6.07) is 0.0752. The summed E-state index contributed by atoms with van der Waals surface area (Å²) in [5, 5.41) is 9.50. The van der Waals surface area contributed by atoms with Crippen LogP contribution in [0.4, 0.5) is 0 Å². The molecule has 3 rings (SSSR count). The van der Waals surface area contributed by atoms with E-state index in [9.17, 15) is 14.7 Å². The van der Waals surface area contributed by atoms with Crippen LogP contribution in [0.1, 0.15) is 26.7 Å². The Kier molecular flexibility index (Phi) is 3.78. The highest BCUT2D eigenvalue weighted by atomic mass is 16.5. The molecule has 2 aliphatic carbocycles. The van der Waals surface area contributed by atoms with Crippen LogP contribution in [-0.2, 0) is 14.3 Å². The minimum atomic E-state index is -0.834. The highest BCUT2D eigenvalue weighted by molar-refractivity contribution is 5.87. The predicted octanol–water partition coefficient (Wildman–Crippen LogP) is 1.54. The van der Waals surface area contributed by atoms with Crippen molar-refractivity contribution in [2.24, 2.45) is 23.7 Å². The van der Waals surface area contributed by atoms with Gasteiger partial charge in [-0.05, 0) is 31.6 Å². The molecule has 6 atom stereocenters. The normalized spacial score (nSPS) is 41.5. The Balaban J connectivity index is 1.83. The number of hydrogen-bond donors (Lipinski definition) is 1. The first-order chi connectivity index (χ1) is 10.0. The second-order valence-electron chi connectivity index (χ2n) is 6.53. The number of fused-ring (bicyclic) bond motifs is 2. The van der Waals surface area contributed by atoms with Crippen LogP contribution in [0, 0.1) is 23.7 Å². The SMILES string of the molecule is CCC1COC(C)CN1C(=O)[C@H]1C2C=CC(C2)[C@H]1C(=O)O. The van der Waals surface area contributed by atoms with Gasteiger partial charge in [-0.3, -0.25) is 9.59 Å². The van der Waals surface area contributed by atoms with Crippen molar-refractivity contribution in [2.75, 3.05) is 13.2 Å². The van der Waals surface area contributed by atoms with Crippen LogP contribution >= 0.6 is 0 Å². The van der Waals surface area contributed by atoms with Crippen LogP contribution in [0.5, 0.6) is 0 Å². The summed E-state index contributed by atoms with van der Waals surface area (Å²) in [7, 11) is 0. The van der Waals surface area contributed by atoms with Gasteiger partial charge in [0.05, 0.1) is 30.6 Å². The monoisotopic (exact) mass is 293 g/mol. The fourth-order valence-corrected chi connectivity index (χ4v) is 4.14. The van der Waals surface area contributed by atoms with Crippen LogP contribution in [-0.4, -0.2) is 47.2 Å². The number of aliphatic carboxylic acids is 1. The molecule has 0 spiro atoms. The quantitative estimate of drug-likeness (QED) is 0.801. The van der Waals surface area contributed by atoms with E-state index in [4.69, 9.17) is 4.74 Å². The third-order valence-electron chi connectivity index (χ3n) is 5.25. The zero-order valence-electron chi connectivity index (χ0n) is 12.6. The molecule has 1 N–H and O–H groups in total. The number of allylic oxidation sites excluding steroid dienone is 2. The zero-order valence-corrected chi connectivity index (χ0v) is 12.6. The number of carboxylic acid groups (broad SMARTS) is 1. The molecule has 0 aromatic carbocycles. The van der Waals surface area contributed by atoms with Crippen molar-refractivity contribution in [1.82, 2.24) is 4.90 Å². The number of morpholine rings is 1. The number of carboxylic acids is 1. The molecule has 0 aromatic rings. The topological polar surface area (TPSA) is 66.8 Å². The van der Waals surface area contributed by atoms with Crippen LogP contribution in [0.2, 0.25) is 0 Å². The van der Waals surface area contributed by atoms with Crippen molar-refractivity contribution >= 4 is 11.9 Å². The molecule has 116 valence electrons. The maximum Gasteiger partial charge on any atom is 0.307 e. The average molecular weight is 293 g/mol. The molecule has 0 aromatic heterocycles. The number of amides is 1. The van der Waals surface area contributed by atoms with Crippen LogP contribution < -0.4 is 0 Å². The van der Waals surface area contributed by atoms with E-state index in [1.807, 2.05) is 30.9 Å². The molecule has 2 bridgehead atoms. The van der Waals surface area contributed by atoms with Crippen LogP contribution in [0.25, 0.3) is 0 Å². The van der Waals surface area contributed by atoms with Crippen molar-refractivity contribution in [3.63, 3.8) is 0 Å². The molecule has 2 fully saturated rings. The van der Waals surface area contributed by atoms with Gasteiger partial charge in [0, 0.05) is 6.54 Å². The molecule has 21 heavy (non-hydrogen) atoms. The van der Waals surface area contributed by atoms with E-state index in [1.54, 1.807) is 0 Å². The summed E-state index contributed by atoms with van der Waals surface area (Å²) in [6.07, 6.45) is 5.69. The van der Waals surface area contributed by atoms with Gasteiger partial charge in [0.2, 0.25) is 5.91 Å². The molecule has 1 aliphatic heterocycles. The smallest absolute Gasteiger partial charge is 0.307 e. The first-order valence-corrected chi connectivity index (χ1v) is 7.86. The maximum absolute atomic E-state index is 13.0. The van der Waals surface area contributed by atoms with Crippen molar-refractivity contribution in [1.29, 1.82) is 0 Å². The Bertz CT molecular complexity index is 475. The molecular weight excluding hydrogens is 270 g/mol. The number of rotatable bonds is 3. The van der Waals surface area contributed by atoms with Crippen molar-refractivity contribution in [3.05, 3.63) is 12.2 Å². The van der Waals surface area contributed by atoms with E-state index in [2.05, 4.69) is 0 Å². The van der Waals surface area contributed by atoms with Gasteiger partial charge in [0.15, 0.2) is 0 Å². The first kappa shape index (κ1) is 14.6. The van der Waals surface area contributed by atoms with Crippen molar-refractivity contribution < 1.29 is 19.4 Å². The van der Waals surface area contributed by atoms with Gasteiger partial charge in [-0.1, -0.05) is 19.1 Å². The minimum Gasteiger partial charge on any atom is -0.481 e. The van der Waals surface area contributed by atoms with Gasteiger partial charge in [-0.15, -0.1) is 0 Å². The lowest BCUT2D eigenvalue weighted by atomic mass is 9.81. The number of ether oxygens (including phenoxy) is 1. The summed E-state index contributed by atoms with van der Waals surface area (Å²) in [5.41, 5.74) is 0. The van der Waals surface area contributed by atoms with Crippen LogP contribution in [0.3, 0.4) is 0 Å². The molecule has 1 heterocycles. The second-order valence-corrected chi connectivity index (χ2v) is 6.53. The van der Waals surface area contributed by atoms with Crippen molar-refractivity contribution in [3.8, 4) is 0 Å². The Morgan fingerprint density at radius 3 is 2.57 bits per heavy atom. The van der Waals surface area contributed by atoms with E-state index in [-0.39, 0.29) is 29.9 Å². The first-order valence-electron chi connectivity index (χ1n) is 7.86. The third kappa shape index (κ3) is 2.37. The summed E-state index contributed by atoms with van der Waals surface area (Å²) >= 11 is 0. The molecule has 1 amide bonds. The summed E-state index contributed by atoms with van der Waals surface area (Å²) in [6.45, 7) is 5.13. The lowest BCUT2D eigenvalue weighted by Crippen LogP contribution is -2.54. The van der Waals surface area contributed by atoms with E-state index < -0.39 is 17.8 Å². The molecule has 5 nitrogen and oxygen atoms in total. The van der Waals surface area contributed by atoms with E-state index in [0.717, 1.165) is 12.8 Å². The van der Waals surface area contributed by atoms with E-state index in [0.29, 0.717) is 13.2 Å². The molecule has 1 saturated carbocycles. The summed E-state index contributed by atoms with van der Waals surface area (Å²) < 4.78 is 5.64. The van der Waals surface area contributed by atoms with Gasteiger partial charge in [-0.2, -0.15) is 0 Å². The number of carbonyl (C=O) groups is 2. The van der Waals surface area contributed by atoms with Gasteiger partial charge >= 0.3 is 5.97 Å². The Morgan fingerprint density at radius 1 is 1.29 bits per heavy atom. The van der Waals surface area contributed by atoms with Gasteiger partial charge in [0.25, 0.3) is 0 Å². The molecule has 4 unspecified atom stereocenters. The fourth-order valence-electron chi connectivity index (χ4n) is 4.14. The Morgan fingerprint density at radius 2 is 1.95 bits per heavy atom. The molecule has 1 saturated heterocycles. The third-order valence-corrected chi connectivity index (χ3v) is 5.25. The van der Waals surface area contributed by atoms with Crippen LogP contribution in [0.15, 0.2) is 12.2 Å². The van der Waals surface area contributed by atoms with Gasteiger partial charge in [0.1, 0.15) is 0 Å². The minimum absolute atomic E-state index is 0.0150. The number of carbonyl (C=O) groups excluding carboxylic acids is 1. The number of nitrogens with zero attached hydrogens (tertiary/aromatic N) is 1. The predicted molar refractivity (Wildman–Crippen MR) is 76.6 cm³/mol. The largest absolute Gasteiger partial charge is 0.481 e. The maximum atomic E-state index is 13.0. The second kappa shape index (κ2) is 5.44. The summed E-state index contributed by atoms with van der Waals surface area (Å²) in [5.74, 6) is -1.64. The standard InChI is InChI=1S/C16H23NO4/c1-3-12-8-21-9(2)7-17(12)15(18)13-10-4-5-11(6-10)14(13)16(19)20/h4-5,9-14H,3,6-8H2,1-2H3,(H,19,20)/t9?,10?,11?,12?,13-,14+/m0/s1. The molecular formula is C16H23NO4. The lowest BCUT2D eigenvalue weighted by molar-refractivity contribution is -0.157. The van der Waals surface area contributed by atoms with E-state index >= 15 is 0 Å². The average Bonchev–Trinajstić information content (AvgIpc) is 3.06. The highest BCUT2D eigenvalue weighted by Crippen LogP contribution is 2.49. The summed E-state index contributed by atoms with van der Waals surface area (Å²) in [4.78, 5) is 26.4.